The van der Waals surface area contributed by atoms with Crippen molar-refractivity contribution in [1.29, 1.82) is 0 Å². The van der Waals surface area contributed by atoms with Crippen LogP contribution in [-0.2, 0) is 6.54 Å². The maximum atomic E-state index is 5.93. The van der Waals surface area contributed by atoms with E-state index in [4.69, 9.17) is 11.6 Å². The van der Waals surface area contributed by atoms with Crippen molar-refractivity contribution in [3.8, 4) is 0 Å². The highest BCUT2D eigenvalue weighted by Gasteiger charge is 2.02. The Kier molecular flexibility index (Phi) is 5.20. The summed E-state index contributed by atoms with van der Waals surface area (Å²) in [4.78, 5) is 0. The van der Waals surface area contributed by atoms with Gasteiger partial charge in [-0.05, 0) is 59.7 Å². The summed E-state index contributed by atoms with van der Waals surface area (Å²) in [5.41, 5.74) is 1.28. The van der Waals surface area contributed by atoms with Crippen LogP contribution in [0.25, 0.3) is 0 Å². The molecule has 78 valence electrons. The fraction of sp³-hybridized carbons (Fsp3) is 0.455. The summed E-state index contributed by atoms with van der Waals surface area (Å²) < 4.78 is 1.27. The number of nitrogens with one attached hydrogen (secondary N) is 1. The average Bonchev–Trinajstić information content (AvgIpc) is 2.19. The van der Waals surface area contributed by atoms with Crippen molar-refractivity contribution < 1.29 is 0 Å². The van der Waals surface area contributed by atoms with Crippen LogP contribution in [0.1, 0.15) is 25.8 Å². The molecule has 1 rings (SSSR count). The van der Waals surface area contributed by atoms with Crippen molar-refractivity contribution in [3.63, 3.8) is 0 Å². The Hall–Kier alpha value is 0.200. The van der Waals surface area contributed by atoms with E-state index in [1.54, 1.807) is 0 Å². The van der Waals surface area contributed by atoms with Crippen LogP contribution in [0, 0.1) is 3.57 Å². The average molecular weight is 324 g/mol. The summed E-state index contributed by atoms with van der Waals surface area (Å²) in [7, 11) is 0. The molecule has 0 aliphatic heterocycles. The molecule has 1 aromatic carbocycles. The molecule has 0 bridgehead atoms. The zero-order chi connectivity index (χ0) is 10.6. The highest BCUT2D eigenvalue weighted by atomic mass is 127. The van der Waals surface area contributed by atoms with Crippen molar-refractivity contribution in [3.05, 3.63) is 32.4 Å². The van der Waals surface area contributed by atoms with Crippen LogP contribution in [0.15, 0.2) is 18.2 Å². The van der Waals surface area contributed by atoms with Gasteiger partial charge in [0.05, 0.1) is 0 Å². The summed E-state index contributed by atoms with van der Waals surface area (Å²) in [5.74, 6) is 0. The molecule has 0 aliphatic rings. The number of rotatable bonds is 4. The predicted molar refractivity (Wildman–Crippen MR) is 70.8 cm³/mol. The summed E-state index contributed by atoms with van der Waals surface area (Å²) in [6.45, 7) is 5.27. The van der Waals surface area contributed by atoms with E-state index in [1.165, 1.54) is 9.13 Å². The van der Waals surface area contributed by atoms with Gasteiger partial charge >= 0.3 is 0 Å². The molecule has 0 fully saturated rings. The zero-order valence-corrected chi connectivity index (χ0v) is 11.4. The molecule has 0 heterocycles. The van der Waals surface area contributed by atoms with Crippen LogP contribution in [0.2, 0.25) is 5.02 Å². The standard InChI is InChI=1S/C11H15ClIN/c1-3-8(2)14-7-9-6-10(12)4-5-11(9)13/h4-6,8,14H,3,7H2,1-2H3. The monoisotopic (exact) mass is 323 g/mol. The number of halogens is 2. The second kappa shape index (κ2) is 5.93. The van der Waals surface area contributed by atoms with Crippen LogP contribution in [-0.4, -0.2) is 6.04 Å². The molecule has 1 N–H and O–H groups in total. The van der Waals surface area contributed by atoms with Gasteiger partial charge in [-0.1, -0.05) is 18.5 Å². The molecule has 0 radical (unpaired) electrons. The highest BCUT2D eigenvalue weighted by molar-refractivity contribution is 14.1. The normalized spacial score (nSPS) is 12.9. The lowest BCUT2D eigenvalue weighted by atomic mass is 10.2. The molecule has 0 amide bonds. The number of benzene rings is 1. The largest absolute Gasteiger partial charge is 0.310 e. The molecule has 1 nitrogen and oxygen atoms in total. The first-order valence-corrected chi connectivity index (χ1v) is 6.26. The van der Waals surface area contributed by atoms with Gasteiger partial charge in [-0.15, -0.1) is 0 Å². The van der Waals surface area contributed by atoms with E-state index in [1.807, 2.05) is 12.1 Å². The predicted octanol–water partition coefficient (Wildman–Crippen LogP) is 3.83. The van der Waals surface area contributed by atoms with Crippen molar-refractivity contribution in [2.75, 3.05) is 0 Å². The lowest BCUT2D eigenvalue weighted by Gasteiger charge is -2.12. The molecule has 1 aromatic rings. The molecule has 1 unspecified atom stereocenters. The van der Waals surface area contributed by atoms with Crippen LogP contribution < -0.4 is 5.32 Å². The maximum absolute atomic E-state index is 5.93. The SMILES string of the molecule is CCC(C)NCc1cc(Cl)ccc1I. The van der Waals surface area contributed by atoms with Crippen LogP contribution in [0.4, 0.5) is 0 Å². The molecule has 0 spiro atoms. The van der Waals surface area contributed by atoms with Gasteiger partial charge in [0, 0.05) is 21.2 Å². The minimum absolute atomic E-state index is 0.560. The number of hydrogen-bond acceptors (Lipinski definition) is 1. The Morgan fingerprint density at radius 3 is 2.86 bits per heavy atom. The molecule has 14 heavy (non-hydrogen) atoms. The number of hydrogen-bond donors (Lipinski definition) is 1. The van der Waals surface area contributed by atoms with Gasteiger partial charge < -0.3 is 5.32 Å². The van der Waals surface area contributed by atoms with E-state index >= 15 is 0 Å². The molecular formula is C11H15ClIN. The quantitative estimate of drug-likeness (QED) is 0.830. The van der Waals surface area contributed by atoms with Gasteiger partial charge in [0.25, 0.3) is 0 Å². The van der Waals surface area contributed by atoms with E-state index in [9.17, 15) is 0 Å². The molecule has 3 heteroatoms. The van der Waals surface area contributed by atoms with Gasteiger partial charge in [0.2, 0.25) is 0 Å². The first-order chi connectivity index (χ1) is 6.63. The molecule has 0 saturated carbocycles. The lowest BCUT2D eigenvalue weighted by molar-refractivity contribution is 0.533. The molecule has 0 aliphatic carbocycles. The van der Waals surface area contributed by atoms with Gasteiger partial charge in [-0.3, -0.25) is 0 Å². The van der Waals surface area contributed by atoms with Crippen molar-refractivity contribution in [2.24, 2.45) is 0 Å². The second-order valence-electron chi connectivity index (χ2n) is 3.43. The molecule has 0 aromatic heterocycles. The first-order valence-electron chi connectivity index (χ1n) is 4.80. The van der Waals surface area contributed by atoms with Crippen molar-refractivity contribution in [2.45, 2.75) is 32.9 Å². The minimum atomic E-state index is 0.560. The summed E-state index contributed by atoms with van der Waals surface area (Å²) in [6, 6.07) is 6.57. The summed E-state index contributed by atoms with van der Waals surface area (Å²) in [5, 5.41) is 4.26. The summed E-state index contributed by atoms with van der Waals surface area (Å²) in [6.07, 6.45) is 1.15. The van der Waals surface area contributed by atoms with Crippen LogP contribution in [0.3, 0.4) is 0 Å². The van der Waals surface area contributed by atoms with E-state index < -0.39 is 0 Å². The Labute approximate surface area is 104 Å². The van der Waals surface area contributed by atoms with Crippen LogP contribution in [0.5, 0.6) is 0 Å². The summed E-state index contributed by atoms with van der Waals surface area (Å²) >= 11 is 8.27. The van der Waals surface area contributed by atoms with Gasteiger partial charge in [-0.25, -0.2) is 0 Å². The fourth-order valence-corrected chi connectivity index (χ4v) is 1.83. The highest BCUT2D eigenvalue weighted by Crippen LogP contribution is 2.17. The second-order valence-corrected chi connectivity index (χ2v) is 5.02. The van der Waals surface area contributed by atoms with Crippen LogP contribution >= 0.6 is 34.2 Å². The smallest absolute Gasteiger partial charge is 0.0409 e. The third-order valence-electron chi connectivity index (χ3n) is 2.26. The Balaban J connectivity index is 2.62. The fourth-order valence-electron chi connectivity index (χ4n) is 1.11. The van der Waals surface area contributed by atoms with Crippen molar-refractivity contribution in [1.82, 2.24) is 5.32 Å². The maximum Gasteiger partial charge on any atom is 0.0409 e. The third kappa shape index (κ3) is 3.75. The minimum Gasteiger partial charge on any atom is -0.310 e. The van der Waals surface area contributed by atoms with Gasteiger partial charge in [0.1, 0.15) is 0 Å². The zero-order valence-electron chi connectivity index (χ0n) is 8.48. The Bertz CT molecular complexity index is 301. The van der Waals surface area contributed by atoms with Gasteiger partial charge in [-0.2, -0.15) is 0 Å². The molecule has 0 saturated heterocycles. The van der Waals surface area contributed by atoms with E-state index in [-0.39, 0.29) is 0 Å². The van der Waals surface area contributed by atoms with Gasteiger partial charge in [0.15, 0.2) is 0 Å². The van der Waals surface area contributed by atoms with Crippen molar-refractivity contribution >= 4 is 34.2 Å². The van der Waals surface area contributed by atoms with E-state index in [0.717, 1.165) is 18.0 Å². The first kappa shape index (κ1) is 12.3. The van der Waals surface area contributed by atoms with E-state index in [0.29, 0.717) is 6.04 Å². The third-order valence-corrected chi connectivity index (χ3v) is 3.55. The topological polar surface area (TPSA) is 12.0 Å². The lowest BCUT2D eigenvalue weighted by Crippen LogP contribution is -2.24. The Morgan fingerprint density at radius 2 is 2.21 bits per heavy atom. The Morgan fingerprint density at radius 1 is 1.50 bits per heavy atom. The van der Waals surface area contributed by atoms with E-state index in [2.05, 4.69) is 47.8 Å². The molecular weight excluding hydrogens is 308 g/mol. The molecule has 1 atom stereocenters.